The zero-order valence-corrected chi connectivity index (χ0v) is 12.3. The third-order valence-electron chi connectivity index (χ3n) is 3.42. The molecule has 1 amide bonds. The molecule has 0 saturated carbocycles. The number of carbonyl (C=O) groups excluding carboxylic acids is 1. The molecule has 0 spiro atoms. The molecule has 112 valence electrons. The maximum Gasteiger partial charge on any atom is 0.254 e. The van der Waals surface area contributed by atoms with E-state index in [4.69, 9.17) is 5.11 Å². The highest BCUT2D eigenvalue weighted by molar-refractivity contribution is 6.06. The van der Waals surface area contributed by atoms with Crippen LogP contribution in [0.4, 0.5) is 0 Å². The maximum atomic E-state index is 12.7. The molecule has 2 rings (SSSR count). The highest BCUT2D eigenvalue weighted by atomic mass is 16.3. The molecule has 0 bridgehead atoms. The predicted octanol–water partition coefficient (Wildman–Crippen LogP) is 1.76. The van der Waals surface area contributed by atoms with Crippen molar-refractivity contribution < 1.29 is 9.90 Å². The number of para-hydroxylation sites is 1. The normalized spacial score (nSPS) is 11.0. The van der Waals surface area contributed by atoms with Crippen molar-refractivity contribution in [3.8, 4) is 0 Å². The van der Waals surface area contributed by atoms with Crippen LogP contribution in [0, 0.1) is 0 Å². The summed E-state index contributed by atoms with van der Waals surface area (Å²) in [6, 6.07) is 8.61. The van der Waals surface area contributed by atoms with E-state index in [0.717, 1.165) is 5.39 Å². The highest BCUT2D eigenvalue weighted by Gasteiger charge is 2.20. The van der Waals surface area contributed by atoms with Gasteiger partial charge in [-0.3, -0.25) is 9.59 Å². The number of rotatable bonds is 5. The summed E-state index contributed by atoms with van der Waals surface area (Å²) in [6.45, 7) is 4.34. The van der Waals surface area contributed by atoms with Crippen molar-refractivity contribution in [3.63, 3.8) is 0 Å². The van der Waals surface area contributed by atoms with Gasteiger partial charge in [0.1, 0.15) is 0 Å². The van der Waals surface area contributed by atoms with Crippen molar-refractivity contribution in [1.29, 1.82) is 0 Å². The average molecular weight is 288 g/mol. The quantitative estimate of drug-likeness (QED) is 0.880. The fourth-order valence-electron chi connectivity index (χ4n) is 2.37. The number of aromatic amines is 1. The zero-order chi connectivity index (χ0) is 15.4. The Morgan fingerprint density at radius 2 is 2.05 bits per heavy atom. The number of hydrogen-bond acceptors (Lipinski definition) is 3. The van der Waals surface area contributed by atoms with Crippen LogP contribution in [0.15, 0.2) is 35.1 Å². The molecule has 5 heteroatoms. The van der Waals surface area contributed by atoms with Gasteiger partial charge in [0, 0.05) is 36.2 Å². The van der Waals surface area contributed by atoms with Crippen LogP contribution in [-0.2, 0) is 0 Å². The third-order valence-corrected chi connectivity index (χ3v) is 3.42. The minimum atomic E-state index is -0.289. The number of H-pyrrole nitrogens is 1. The molecule has 2 aromatic rings. The first kappa shape index (κ1) is 15.3. The molecular formula is C16H20N2O3. The van der Waals surface area contributed by atoms with Crippen molar-refractivity contribution >= 4 is 16.8 Å². The lowest BCUT2D eigenvalue weighted by Gasteiger charge is -2.27. The molecule has 0 atom stereocenters. The zero-order valence-electron chi connectivity index (χ0n) is 12.3. The minimum Gasteiger partial charge on any atom is -0.396 e. The van der Waals surface area contributed by atoms with Crippen LogP contribution in [0.1, 0.15) is 30.6 Å². The molecule has 0 fully saturated rings. The standard InChI is InChI=1S/C16H20N2O3/c1-11(2)18(8-5-9-19)16(21)13-10-15(20)17-14-7-4-3-6-12(13)14/h3-4,6-7,10-11,19H,5,8-9H2,1-2H3,(H,17,20). The number of aromatic nitrogens is 1. The smallest absolute Gasteiger partial charge is 0.254 e. The Bertz CT molecular complexity index is 691. The largest absolute Gasteiger partial charge is 0.396 e. The summed E-state index contributed by atoms with van der Waals surface area (Å²) in [5.41, 5.74) is 0.767. The van der Waals surface area contributed by atoms with E-state index < -0.39 is 0 Å². The van der Waals surface area contributed by atoms with Crippen LogP contribution in [-0.4, -0.2) is 40.1 Å². The maximum absolute atomic E-state index is 12.7. The summed E-state index contributed by atoms with van der Waals surface area (Å²) >= 11 is 0. The van der Waals surface area contributed by atoms with Gasteiger partial charge in [-0.1, -0.05) is 18.2 Å². The third kappa shape index (κ3) is 3.31. The number of fused-ring (bicyclic) bond motifs is 1. The Balaban J connectivity index is 2.48. The molecular weight excluding hydrogens is 268 g/mol. The molecule has 1 heterocycles. The van der Waals surface area contributed by atoms with Crippen molar-refractivity contribution in [2.24, 2.45) is 0 Å². The second-order valence-electron chi connectivity index (χ2n) is 5.26. The SMILES string of the molecule is CC(C)N(CCCO)C(=O)c1cc(=O)[nH]c2ccccc12. The first-order valence-corrected chi connectivity index (χ1v) is 7.08. The van der Waals surface area contributed by atoms with E-state index in [1.807, 2.05) is 32.0 Å². The number of aliphatic hydroxyl groups excluding tert-OH is 1. The Morgan fingerprint density at radius 3 is 2.71 bits per heavy atom. The van der Waals surface area contributed by atoms with Gasteiger partial charge in [-0.05, 0) is 26.3 Å². The van der Waals surface area contributed by atoms with Gasteiger partial charge >= 0.3 is 0 Å². The number of benzene rings is 1. The number of carbonyl (C=O) groups is 1. The lowest BCUT2D eigenvalue weighted by molar-refractivity contribution is 0.0695. The van der Waals surface area contributed by atoms with Gasteiger partial charge in [0.2, 0.25) is 5.56 Å². The van der Waals surface area contributed by atoms with Crippen molar-refractivity contribution in [2.45, 2.75) is 26.3 Å². The molecule has 2 N–H and O–H groups in total. The van der Waals surface area contributed by atoms with E-state index >= 15 is 0 Å². The highest BCUT2D eigenvalue weighted by Crippen LogP contribution is 2.17. The first-order chi connectivity index (χ1) is 10.0. The first-order valence-electron chi connectivity index (χ1n) is 7.08. The number of aliphatic hydroxyl groups is 1. The van der Waals surface area contributed by atoms with Gasteiger partial charge in [-0.15, -0.1) is 0 Å². The van der Waals surface area contributed by atoms with E-state index in [-0.39, 0.29) is 24.1 Å². The Labute approximate surface area is 123 Å². The van der Waals surface area contributed by atoms with Gasteiger partial charge in [0.25, 0.3) is 5.91 Å². The predicted molar refractivity (Wildman–Crippen MR) is 82.4 cm³/mol. The van der Waals surface area contributed by atoms with Crippen LogP contribution in [0.5, 0.6) is 0 Å². The summed E-state index contributed by atoms with van der Waals surface area (Å²) in [4.78, 5) is 28.9. The monoisotopic (exact) mass is 288 g/mol. The summed E-state index contributed by atoms with van der Waals surface area (Å²) < 4.78 is 0. The minimum absolute atomic E-state index is 0.00194. The Kier molecular flexibility index (Phi) is 4.75. The van der Waals surface area contributed by atoms with Crippen LogP contribution in [0.2, 0.25) is 0 Å². The molecule has 1 aromatic heterocycles. The number of hydrogen-bond donors (Lipinski definition) is 2. The van der Waals surface area contributed by atoms with Gasteiger partial charge < -0.3 is 15.0 Å². The van der Waals surface area contributed by atoms with E-state index in [1.165, 1.54) is 6.07 Å². The average Bonchev–Trinajstić information content (AvgIpc) is 2.46. The van der Waals surface area contributed by atoms with Crippen molar-refractivity contribution in [3.05, 3.63) is 46.2 Å². The molecule has 1 aromatic carbocycles. The van der Waals surface area contributed by atoms with Crippen LogP contribution in [0.25, 0.3) is 10.9 Å². The van der Waals surface area contributed by atoms with Gasteiger partial charge in [-0.2, -0.15) is 0 Å². The van der Waals surface area contributed by atoms with Gasteiger partial charge in [0.15, 0.2) is 0 Å². The lowest BCUT2D eigenvalue weighted by atomic mass is 10.1. The summed E-state index contributed by atoms with van der Waals surface area (Å²) in [7, 11) is 0. The molecule has 0 aliphatic rings. The molecule has 5 nitrogen and oxygen atoms in total. The molecule has 21 heavy (non-hydrogen) atoms. The number of nitrogens with zero attached hydrogens (tertiary/aromatic N) is 1. The molecule has 0 saturated heterocycles. The second-order valence-corrected chi connectivity index (χ2v) is 5.26. The fourth-order valence-corrected chi connectivity index (χ4v) is 2.37. The number of nitrogens with one attached hydrogen (secondary N) is 1. The van der Waals surface area contributed by atoms with Gasteiger partial charge in [0.05, 0.1) is 5.56 Å². The molecule has 0 radical (unpaired) electrons. The van der Waals surface area contributed by atoms with Crippen LogP contribution in [0.3, 0.4) is 0 Å². The Morgan fingerprint density at radius 1 is 1.33 bits per heavy atom. The molecule has 0 aliphatic carbocycles. The summed E-state index contributed by atoms with van der Waals surface area (Å²) in [6.07, 6.45) is 0.519. The van der Waals surface area contributed by atoms with Crippen molar-refractivity contribution in [1.82, 2.24) is 9.88 Å². The summed E-state index contributed by atoms with van der Waals surface area (Å²) in [5, 5.41) is 9.71. The number of amides is 1. The van der Waals surface area contributed by atoms with E-state index in [1.54, 1.807) is 11.0 Å². The second kappa shape index (κ2) is 6.54. The molecule has 0 aliphatic heterocycles. The van der Waals surface area contributed by atoms with E-state index in [0.29, 0.717) is 24.0 Å². The fraction of sp³-hybridized carbons (Fsp3) is 0.375. The van der Waals surface area contributed by atoms with Crippen LogP contribution < -0.4 is 5.56 Å². The topological polar surface area (TPSA) is 73.4 Å². The molecule has 0 unspecified atom stereocenters. The van der Waals surface area contributed by atoms with E-state index in [9.17, 15) is 9.59 Å². The van der Waals surface area contributed by atoms with Gasteiger partial charge in [-0.25, -0.2) is 0 Å². The van der Waals surface area contributed by atoms with Crippen molar-refractivity contribution in [2.75, 3.05) is 13.2 Å². The summed E-state index contributed by atoms with van der Waals surface area (Å²) in [5.74, 6) is -0.180. The van der Waals surface area contributed by atoms with E-state index in [2.05, 4.69) is 4.98 Å². The van der Waals surface area contributed by atoms with Crippen LogP contribution >= 0.6 is 0 Å². The number of pyridine rings is 1. The Hall–Kier alpha value is -2.14. The lowest BCUT2D eigenvalue weighted by Crippen LogP contribution is -2.38.